The van der Waals surface area contributed by atoms with Gasteiger partial charge in [-0.2, -0.15) is 0 Å². The fourth-order valence-corrected chi connectivity index (χ4v) is 4.74. The fourth-order valence-electron chi connectivity index (χ4n) is 4.74. The third-order valence-corrected chi connectivity index (χ3v) is 6.08. The molecule has 0 aromatic heterocycles. The van der Waals surface area contributed by atoms with E-state index in [1.54, 1.807) is 0 Å². The number of likely N-dealkylation sites (tertiary alicyclic amines) is 1. The Hall–Kier alpha value is -1.26. The summed E-state index contributed by atoms with van der Waals surface area (Å²) in [6.07, 6.45) is 12.8. The standard InChI is InChI=1S/C19H34N4O/c1-2-20-18(23-13-12-19(15-23)10-6-7-11-19)21-14-17(24)22-16-8-4-3-5-9-16/h16H,2-15H2,1H3,(H,20,21)(H,22,24). The Labute approximate surface area is 146 Å². The highest BCUT2D eigenvalue weighted by atomic mass is 16.1. The molecule has 0 unspecified atom stereocenters. The molecule has 1 amide bonds. The number of nitrogens with zero attached hydrogens (tertiary/aromatic N) is 2. The molecule has 0 radical (unpaired) electrons. The molecule has 24 heavy (non-hydrogen) atoms. The van der Waals surface area contributed by atoms with Crippen LogP contribution in [0.15, 0.2) is 4.99 Å². The van der Waals surface area contributed by atoms with Crippen LogP contribution < -0.4 is 10.6 Å². The lowest BCUT2D eigenvalue weighted by molar-refractivity contribution is -0.120. The Balaban J connectivity index is 1.52. The van der Waals surface area contributed by atoms with Crippen molar-refractivity contribution in [3.05, 3.63) is 0 Å². The van der Waals surface area contributed by atoms with Crippen LogP contribution in [0.4, 0.5) is 0 Å². The van der Waals surface area contributed by atoms with E-state index < -0.39 is 0 Å². The van der Waals surface area contributed by atoms with Crippen LogP contribution in [0.1, 0.15) is 71.1 Å². The molecule has 1 heterocycles. The topological polar surface area (TPSA) is 56.7 Å². The molecular weight excluding hydrogens is 300 g/mol. The van der Waals surface area contributed by atoms with Crippen molar-refractivity contribution < 1.29 is 4.79 Å². The lowest BCUT2D eigenvalue weighted by Crippen LogP contribution is -2.42. The molecule has 5 nitrogen and oxygen atoms in total. The van der Waals surface area contributed by atoms with Crippen molar-refractivity contribution >= 4 is 11.9 Å². The molecule has 1 saturated heterocycles. The second kappa shape index (κ2) is 8.21. The number of nitrogens with one attached hydrogen (secondary N) is 2. The Morgan fingerprint density at radius 2 is 1.88 bits per heavy atom. The maximum absolute atomic E-state index is 12.2. The van der Waals surface area contributed by atoms with E-state index in [9.17, 15) is 4.79 Å². The van der Waals surface area contributed by atoms with Crippen molar-refractivity contribution in [3.8, 4) is 0 Å². The largest absolute Gasteiger partial charge is 0.357 e. The minimum atomic E-state index is 0.0760. The summed E-state index contributed by atoms with van der Waals surface area (Å²) >= 11 is 0. The third-order valence-electron chi connectivity index (χ3n) is 6.08. The molecule has 2 saturated carbocycles. The van der Waals surface area contributed by atoms with Crippen molar-refractivity contribution in [2.75, 3.05) is 26.2 Å². The molecule has 2 N–H and O–H groups in total. The van der Waals surface area contributed by atoms with E-state index in [0.29, 0.717) is 11.5 Å². The van der Waals surface area contributed by atoms with Gasteiger partial charge < -0.3 is 15.5 Å². The first-order chi connectivity index (χ1) is 11.7. The van der Waals surface area contributed by atoms with Crippen LogP contribution in [-0.2, 0) is 4.79 Å². The number of rotatable bonds is 4. The van der Waals surface area contributed by atoms with Crippen LogP contribution in [-0.4, -0.2) is 49.0 Å². The summed E-state index contributed by atoms with van der Waals surface area (Å²) in [4.78, 5) is 19.2. The first-order valence-corrected chi connectivity index (χ1v) is 10.0. The maximum atomic E-state index is 12.2. The molecule has 3 rings (SSSR count). The summed E-state index contributed by atoms with van der Waals surface area (Å²) in [5, 5.41) is 6.55. The predicted molar refractivity (Wildman–Crippen MR) is 98.1 cm³/mol. The number of guanidine groups is 1. The number of amides is 1. The average molecular weight is 335 g/mol. The summed E-state index contributed by atoms with van der Waals surface area (Å²) in [6, 6.07) is 0.373. The fraction of sp³-hybridized carbons (Fsp3) is 0.895. The van der Waals surface area contributed by atoms with E-state index in [4.69, 9.17) is 0 Å². The second-order valence-electron chi connectivity index (χ2n) is 7.95. The van der Waals surface area contributed by atoms with Crippen molar-refractivity contribution in [2.24, 2.45) is 10.4 Å². The van der Waals surface area contributed by atoms with Crippen LogP contribution >= 0.6 is 0 Å². The molecule has 3 fully saturated rings. The lowest BCUT2D eigenvalue weighted by Gasteiger charge is -2.26. The highest BCUT2D eigenvalue weighted by molar-refractivity contribution is 5.85. The van der Waals surface area contributed by atoms with Crippen molar-refractivity contribution in [1.82, 2.24) is 15.5 Å². The number of aliphatic imine (C=N–C) groups is 1. The molecule has 0 aromatic rings. The van der Waals surface area contributed by atoms with E-state index in [0.717, 1.165) is 38.4 Å². The van der Waals surface area contributed by atoms with E-state index in [1.807, 2.05) is 0 Å². The Morgan fingerprint density at radius 1 is 1.12 bits per heavy atom. The van der Waals surface area contributed by atoms with Crippen LogP contribution in [0, 0.1) is 5.41 Å². The smallest absolute Gasteiger partial charge is 0.242 e. The monoisotopic (exact) mass is 334 g/mol. The molecule has 136 valence electrons. The molecule has 1 aliphatic heterocycles. The van der Waals surface area contributed by atoms with Gasteiger partial charge in [0.1, 0.15) is 6.54 Å². The normalized spacial score (nSPS) is 24.5. The molecule has 0 aromatic carbocycles. The van der Waals surface area contributed by atoms with Gasteiger partial charge in [-0.25, -0.2) is 4.99 Å². The van der Waals surface area contributed by atoms with E-state index in [-0.39, 0.29) is 12.5 Å². The summed E-state index contributed by atoms with van der Waals surface area (Å²) in [5.41, 5.74) is 0.528. The predicted octanol–water partition coefficient (Wildman–Crippen LogP) is 2.67. The van der Waals surface area contributed by atoms with Crippen LogP contribution in [0.25, 0.3) is 0 Å². The molecular formula is C19H34N4O. The van der Waals surface area contributed by atoms with Crippen molar-refractivity contribution in [3.63, 3.8) is 0 Å². The Kier molecular flexibility index (Phi) is 6.01. The molecule has 1 spiro atoms. The van der Waals surface area contributed by atoms with Gasteiger partial charge in [0.2, 0.25) is 5.91 Å². The first-order valence-electron chi connectivity index (χ1n) is 10.0. The summed E-state index contributed by atoms with van der Waals surface area (Å²) < 4.78 is 0. The van der Waals surface area contributed by atoms with Crippen molar-refractivity contribution in [2.45, 2.75) is 77.2 Å². The van der Waals surface area contributed by atoms with Gasteiger partial charge in [0.15, 0.2) is 5.96 Å². The van der Waals surface area contributed by atoms with Crippen LogP contribution in [0.2, 0.25) is 0 Å². The van der Waals surface area contributed by atoms with Gasteiger partial charge >= 0.3 is 0 Å². The molecule has 5 heteroatoms. The Bertz CT molecular complexity index is 450. The van der Waals surface area contributed by atoms with E-state index >= 15 is 0 Å². The number of carbonyl (C=O) groups excluding carboxylic acids is 1. The van der Waals surface area contributed by atoms with Gasteiger partial charge in [0, 0.05) is 25.7 Å². The van der Waals surface area contributed by atoms with Crippen molar-refractivity contribution in [1.29, 1.82) is 0 Å². The summed E-state index contributed by atoms with van der Waals surface area (Å²) in [7, 11) is 0. The minimum Gasteiger partial charge on any atom is -0.357 e. The number of hydrogen-bond donors (Lipinski definition) is 2. The SMILES string of the molecule is CCNC(=NCC(=O)NC1CCCCC1)N1CCC2(CCCC2)C1. The quantitative estimate of drug-likeness (QED) is 0.614. The van der Waals surface area contributed by atoms with Crippen LogP contribution in [0.3, 0.4) is 0 Å². The minimum absolute atomic E-state index is 0.0760. The third kappa shape index (κ3) is 4.42. The molecule has 2 aliphatic carbocycles. The highest BCUT2D eigenvalue weighted by Gasteiger charge is 2.41. The first kappa shape index (κ1) is 17.6. The van der Waals surface area contributed by atoms with E-state index in [1.165, 1.54) is 51.4 Å². The van der Waals surface area contributed by atoms with Gasteiger partial charge in [-0.15, -0.1) is 0 Å². The molecule has 3 aliphatic rings. The highest BCUT2D eigenvalue weighted by Crippen LogP contribution is 2.45. The number of carbonyl (C=O) groups is 1. The van der Waals surface area contributed by atoms with Gasteiger partial charge in [0.25, 0.3) is 0 Å². The second-order valence-corrected chi connectivity index (χ2v) is 7.95. The summed E-state index contributed by atoms with van der Waals surface area (Å²) in [5.74, 6) is 1.01. The number of hydrogen-bond acceptors (Lipinski definition) is 2. The molecule has 0 bridgehead atoms. The lowest BCUT2D eigenvalue weighted by atomic mass is 9.86. The van der Waals surface area contributed by atoms with E-state index in [2.05, 4.69) is 27.4 Å². The van der Waals surface area contributed by atoms with Gasteiger partial charge in [0.05, 0.1) is 0 Å². The van der Waals surface area contributed by atoms with Gasteiger partial charge in [-0.05, 0) is 44.4 Å². The maximum Gasteiger partial charge on any atom is 0.242 e. The molecule has 0 atom stereocenters. The van der Waals surface area contributed by atoms with Gasteiger partial charge in [-0.3, -0.25) is 4.79 Å². The summed E-state index contributed by atoms with van der Waals surface area (Å²) in [6.45, 7) is 5.40. The van der Waals surface area contributed by atoms with Crippen LogP contribution in [0.5, 0.6) is 0 Å². The zero-order valence-electron chi connectivity index (χ0n) is 15.3. The van der Waals surface area contributed by atoms with Gasteiger partial charge in [-0.1, -0.05) is 32.1 Å². The Morgan fingerprint density at radius 3 is 2.58 bits per heavy atom. The zero-order chi connectivity index (χ0) is 16.8. The average Bonchev–Trinajstić information content (AvgIpc) is 3.23. The zero-order valence-corrected chi connectivity index (χ0v) is 15.3.